The number of rotatable bonds is 4. The second-order valence-corrected chi connectivity index (χ2v) is 9.03. The number of hydrazone groups is 1. The Labute approximate surface area is 212 Å². The maximum atomic E-state index is 5.64. The van der Waals surface area contributed by atoms with Gasteiger partial charge in [0.15, 0.2) is 0 Å². The van der Waals surface area contributed by atoms with Crippen LogP contribution in [0.2, 0.25) is 0 Å². The van der Waals surface area contributed by atoms with Crippen LogP contribution in [0.15, 0.2) is 103 Å². The van der Waals surface area contributed by atoms with E-state index in [0.717, 1.165) is 61.0 Å². The fraction of sp³-hybridized carbons (Fsp3) is 0.357. The van der Waals surface area contributed by atoms with Gasteiger partial charge in [-0.15, -0.1) is 0 Å². The van der Waals surface area contributed by atoms with Gasteiger partial charge >= 0.3 is 0 Å². The highest BCUT2D eigenvalue weighted by atomic mass is 16.5. The van der Waals surface area contributed by atoms with Crippen molar-refractivity contribution in [3.8, 4) is 0 Å². The molecular formula is C28H33N7O. The predicted octanol–water partition coefficient (Wildman–Crippen LogP) is 2.89. The van der Waals surface area contributed by atoms with E-state index in [1.165, 1.54) is 16.7 Å². The molecule has 2 bridgehead atoms. The van der Waals surface area contributed by atoms with Gasteiger partial charge in [0.2, 0.25) is 0 Å². The third-order valence-corrected chi connectivity index (χ3v) is 6.68. The van der Waals surface area contributed by atoms with E-state index in [2.05, 4.69) is 68.8 Å². The molecule has 0 saturated carbocycles. The largest absolute Gasteiger partial charge is 0.387 e. The van der Waals surface area contributed by atoms with Crippen LogP contribution in [0.1, 0.15) is 12.8 Å². The van der Waals surface area contributed by atoms with Gasteiger partial charge in [0.1, 0.15) is 11.9 Å². The van der Waals surface area contributed by atoms with Crippen LogP contribution in [0.3, 0.4) is 0 Å². The number of amidine groups is 1. The average molecular weight is 484 g/mol. The van der Waals surface area contributed by atoms with Crippen molar-refractivity contribution in [3.63, 3.8) is 0 Å². The van der Waals surface area contributed by atoms with Crippen LogP contribution in [-0.4, -0.2) is 80.9 Å². The quantitative estimate of drug-likeness (QED) is 0.644. The zero-order chi connectivity index (χ0) is 24.7. The van der Waals surface area contributed by atoms with Gasteiger partial charge in [-0.25, -0.2) is 0 Å². The fourth-order valence-electron chi connectivity index (χ4n) is 4.68. The summed E-state index contributed by atoms with van der Waals surface area (Å²) in [6.45, 7) is 8.52. The molecule has 5 heterocycles. The van der Waals surface area contributed by atoms with Gasteiger partial charge < -0.3 is 20.4 Å². The summed E-state index contributed by atoms with van der Waals surface area (Å²) in [7, 11) is 1.88. The van der Waals surface area contributed by atoms with Gasteiger partial charge in [0.25, 0.3) is 0 Å². The predicted molar refractivity (Wildman–Crippen MR) is 148 cm³/mol. The molecule has 36 heavy (non-hydrogen) atoms. The summed E-state index contributed by atoms with van der Waals surface area (Å²) < 4.78 is 5.64. The monoisotopic (exact) mass is 483 g/mol. The maximum absolute atomic E-state index is 5.64. The molecule has 0 spiro atoms. The number of morpholine rings is 1. The Morgan fingerprint density at radius 2 is 2.08 bits per heavy atom. The van der Waals surface area contributed by atoms with Gasteiger partial charge in [-0.2, -0.15) is 5.10 Å². The van der Waals surface area contributed by atoms with E-state index in [1.54, 1.807) is 6.21 Å². The minimum Gasteiger partial charge on any atom is -0.387 e. The molecule has 1 atom stereocenters. The molecule has 0 aromatic rings. The van der Waals surface area contributed by atoms with E-state index in [1.807, 2.05) is 19.3 Å². The highest BCUT2D eigenvalue weighted by Crippen LogP contribution is 2.28. The van der Waals surface area contributed by atoms with Gasteiger partial charge in [-0.3, -0.25) is 15.0 Å². The summed E-state index contributed by atoms with van der Waals surface area (Å²) in [6.07, 6.45) is 20.5. The molecule has 8 nitrogen and oxygen atoms in total. The van der Waals surface area contributed by atoms with Crippen molar-refractivity contribution in [1.29, 1.82) is 0 Å². The van der Waals surface area contributed by atoms with Gasteiger partial charge in [0.05, 0.1) is 36.9 Å². The molecule has 8 heteroatoms. The molecule has 1 unspecified atom stereocenters. The number of aliphatic imine (C=N–C) groups is 3. The minimum atomic E-state index is -0.162. The Balaban J connectivity index is 1.54. The number of allylic oxidation sites excluding steroid dienone is 7. The van der Waals surface area contributed by atoms with Crippen LogP contribution < -0.4 is 10.7 Å². The van der Waals surface area contributed by atoms with Crippen molar-refractivity contribution in [1.82, 2.24) is 15.6 Å². The van der Waals surface area contributed by atoms with Gasteiger partial charge in [-0.1, -0.05) is 24.8 Å². The molecule has 186 valence electrons. The number of nitrogens with zero attached hydrogens (tertiary/aromatic N) is 5. The van der Waals surface area contributed by atoms with Crippen LogP contribution in [0.4, 0.5) is 0 Å². The van der Waals surface area contributed by atoms with Crippen molar-refractivity contribution in [2.45, 2.75) is 18.9 Å². The normalized spacial score (nSPS) is 30.8. The lowest BCUT2D eigenvalue weighted by Crippen LogP contribution is -2.41. The van der Waals surface area contributed by atoms with Crippen LogP contribution in [0.5, 0.6) is 0 Å². The highest BCUT2D eigenvalue weighted by Gasteiger charge is 2.25. The lowest BCUT2D eigenvalue weighted by molar-refractivity contribution is 0.0683. The number of fused-ring (bicyclic) bond motifs is 1. The van der Waals surface area contributed by atoms with E-state index < -0.39 is 0 Å². The Morgan fingerprint density at radius 3 is 2.89 bits per heavy atom. The molecule has 0 aromatic carbocycles. The second kappa shape index (κ2) is 11.3. The first kappa shape index (κ1) is 23.9. The molecule has 5 aliphatic rings. The molecule has 0 aliphatic carbocycles. The molecular weight excluding hydrogens is 450 g/mol. The second-order valence-electron chi connectivity index (χ2n) is 9.03. The molecule has 2 N–H and O–H groups in total. The third kappa shape index (κ3) is 5.54. The number of nitrogens with one attached hydrogen (secondary N) is 2. The topological polar surface area (TPSA) is 86.0 Å². The van der Waals surface area contributed by atoms with Gasteiger partial charge in [0, 0.05) is 39.1 Å². The first-order valence-corrected chi connectivity index (χ1v) is 12.5. The van der Waals surface area contributed by atoms with E-state index in [0.29, 0.717) is 19.8 Å². The molecule has 5 rings (SSSR count). The summed E-state index contributed by atoms with van der Waals surface area (Å²) in [4.78, 5) is 17.1. The Bertz CT molecular complexity index is 1200. The zero-order valence-corrected chi connectivity index (χ0v) is 20.8. The highest BCUT2D eigenvalue weighted by molar-refractivity contribution is 6.10. The fourth-order valence-corrected chi connectivity index (χ4v) is 4.68. The van der Waals surface area contributed by atoms with Crippen LogP contribution in [0.25, 0.3) is 0 Å². The third-order valence-electron chi connectivity index (χ3n) is 6.68. The minimum absolute atomic E-state index is 0.162. The molecule has 5 aliphatic heterocycles. The summed E-state index contributed by atoms with van der Waals surface area (Å²) in [5, 5.41) is 7.22. The molecule has 0 radical (unpaired) electrons. The maximum Gasteiger partial charge on any atom is 0.124 e. The summed E-state index contributed by atoms with van der Waals surface area (Å²) in [6, 6.07) is -0.162. The van der Waals surface area contributed by atoms with E-state index >= 15 is 0 Å². The van der Waals surface area contributed by atoms with Crippen molar-refractivity contribution >= 4 is 23.5 Å². The van der Waals surface area contributed by atoms with Crippen LogP contribution >= 0.6 is 0 Å². The zero-order valence-electron chi connectivity index (χ0n) is 20.8. The number of hydrogen-bond acceptors (Lipinski definition) is 8. The molecule has 1 fully saturated rings. The number of ether oxygens (including phenoxy) is 1. The molecule has 0 amide bonds. The van der Waals surface area contributed by atoms with Crippen LogP contribution in [-0.2, 0) is 4.74 Å². The first-order valence-electron chi connectivity index (χ1n) is 12.5. The Kier molecular flexibility index (Phi) is 7.52. The summed E-state index contributed by atoms with van der Waals surface area (Å²) >= 11 is 0. The van der Waals surface area contributed by atoms with Crippen molar-refractivity contribution < 1.29 is 4.74 Å². The summed E-state index contributed by atoms with van der Waals surface area (Å²) in [5.74, 6) is 0.978. The van der Waals surface area contributed by atoms with Crippen LogP contribution in [0, 0.1) is 0 Å². The van der Waals surface area contributed by atoms with E-state index in [-0.39, 0.29) is 6.04 Å². The van der Waals surface area contributed by atoms with Gasteiger partial charge in [-0.05, 0) is 59.4 Å². The lowest BCUT2D eigenvalue weighted by Gasteiger charge is -2.31. The van der Waals surface area contributed by atoms with E-state index in [9.17, 15) is 0 Å². The first-order chi connectivity index (χ1) is 17.7. The van der Waals surface area contributed by atoms with Crippen molar-refractivity contribution in [2.24, 2.45) is 20.1 Å². The van der Waals surface area contributed by atoms with E-state index in [4.69, 9.17) is 14.7 Å². The average Bonchev–Trinajstić information content (AvgIpc) is 3.10. The smallest absolute Gasteiger partial charge is 0.124 e. The standard InChI is InChI=1S/C28H33N7O/c1-20(29-2)25-6-5-22(4-3-9-30-25)24-16-21-7-10-31-28(23-8-11-32-33-19-23)26(17-21)34-27(18-24)35-12-14-36-15-13-35/h4-8,10-11,17-18,26,29,33H,1,3,9,12-16,19H2,2H3/b6-5-,22-4-,24-18-,30-25+,34-27+. The summed E-state index contributed by atoms with van der Waals surface area (Å²) in [5.41, 5.74) is 10.5. The lowest BCUT2D eigenvalue weighted by atomic mass is 9.92. The SMILES string of the molecule is C=C(NC)C1=N/CC/C=C(\C2=C/C(N3CCOCC3)=N\C3C=C(C=CN=C3C3=CC=NNC3)C2)/C=C\1. The van der Waals surface area contributed by atoms with Crippen molar-refractivity contribution in [3.05, 3.63) is 83.3 Å². The van der Waals surface area contributed by atoms with Crippen molar-refractivity contribution in [2.75, 3.05) is 46.4 Å². The number of hydrogen-bond donors (Lipinski definition) is 2. The Hall–Kier alpha value is -3.78. The molecule has 1 saturated heterocycles. The molecule has 0 aromatic heterocycles. The Morgan fingerprint density at radius 1 is 1.19 bits per heavy atom.